The van der Waals surface area contributed by atoms with E-state index < -0.39 is 0 Å². The average molecular weight is 312 g/mol. The molecule has 4 rings (SSSR count). The quantitative estimate of drug-likeness (QED) is 0.531. The average Bonchev–Trinajstić information content (AvgIpc) is 2.62. The highest BCUT2D eigenvalue weighted by Gasteiger charge is 2.28. The van der Waals surface area contributed by atoms with Crippen molar-refractivity contribution in [1.29, 1.82) is 0 Å². The van der Waals surface area contributed by atoms with Crippen LogP contribution >= 0.6 is 0 Å². The molecule has 0 heterocycles. The maximum Gasteiger partial charge on any atom is 0.0147 e. The van der Waals surface area contributed by atoms with Gasteiger partial charge in [0, 0.05) is 5.41 Å². The van der Waals surface area contributed by atoms with Crippen molar-refractivity contribution in [3.8, 4) is 0 Å². The Morgan fingerprint density at radius 1 is 0.917 bits per heavy atom. The van der Waals surface area contributed by atoms with Crippen LogP contribution in [0.1, 0.15) is 42.5 Å². The van der Waals surface area contributed by atoms with E-state index in [9.17, 15) is 0 Å². The molecule has 0 heteroatoms. The van der Waals surface area contributed by atoms with Crippen LogP contribution in [0.3, 0.4) is 0 Å². The molecule has 1 atom stereocenters. The number of rotatable bonds is 3. The van der Waals surface area contributed by atoms with Gasteiger partial charge in [0.05, 0.1) is 0 Å². The maximum absolute atomic E-state index is 2.40. The van der Waals surface area contributed by atoms with E-state index >= 15 is 0 Å². The molecule has 3 aromatic carbocycles. The molecule has 0 nitrogen and oxygen atoms in total. The van der Waals surface area contributed by atoms with E-state index in [1.165, 1.54) is 45.9 Å². The SMILES string of the molecule is CCCc1ccc(C2(C)C=Cc3c(ccc4ccccc34)C2)cc1. The maximum atomic E-state index is 2.40. The molecule has 0 N–H and O–H groups in total. The summed E-state index contributed by atoms with van der Waals surface area (Å²) < 4.78 is 0. The summed E-state index contributed by atoms with van der Waals surface area (Å²) >= 11 is 0. The minimum Gasteiger partial charge on any atom is -0.0733 e. The summed E-state index contributed by atoms with van der Waals surface area (Å²) in [5.41, 5.74) is 5.79. The molecule has 0 saturated heterocycles. The Morgan fingerprint density at radius 2 is 1.71 bits per heavy atom. The first kappa shape index (κ1) is 15.2. The van der Waals surface area contributed by atoms with Gasteiger partial charge in [-0.1, -0.05) is 93.1 Å². The van der Waals surface area contributed by atoms with Crippen LogP contribution in [-0.4, -0.2) is 0 Å². The van der Waals surface area contributed by atoms with Crippen LogP contribution in [0.15, 0.2) is 66.7 Å². The largest absolute Gasteiger partial charge is 0.0733 e. The molecule has 120 valence electrons. The second-order valence-corrected chi connectivity index (χ2v) is 7.23. The first-order valence-electron chi connectivity index (χ1n) is 8.99. The third-order valence-corrected chi connectivity index (χ3v) is 5.39. The second kappa shape index (κ2) is 5.94. The molecule has 1 aliphatic carbocycles. The molecule has 24 heavy (non-hydrogen) atoms. The summed E-state index contributed by atoms with van der Waals surface area (Å²) in [7, 11) is 0. The monoisotopic (exact) mass is 312 g/mol. The lowest BCUT2D eigenvalue weighted by atomic mass is 9.72. The van der Waals surface area contributed by atoms with Gasteiger partial charge in [0.2, 0.25) is 0 Å². The predicted octanol–water partition coefficient (Wildman–Crippen LogP) is 6.32. The molecule has 1 unspecified atom stereocenters. The highest BCUT2D eigenvalue weighted by molar-refractivity contribution is 5.92. The number of benzene rings is 3. The summed E-state index contributed by atoms with van der Waals surface area (Å²) in [6.07, 6.45) is 8.17. The molecular weight excluding hydrogens is 288 g/mol. The molecule has 3 aromatic rings. The molecule has 0 aliphatic heterocycles. The first-order valence-corrected chi connectivity index (χ1v) is 8.99. The Bertz CT molecular complexity index is 899. The summed E-state index contributed by atoms with van der Waals surface area (Å²) in [6, 6.07) is 22.5. The van der Waals surface area contributed by atoms with Crippen molar-refractivity contribution >= 4 is 16.8 Å². The van der Waals surface area contributed by atoms with E-state index in [0.29, 0.717) is 0 Å². The fraction of sp³-hybridized carbons (Fsp3) is 0.250. The zero-order valence-corrected chi connectivity index (χ0v) is 14.5. The van der Waals surface area contributed by atoms with E-state index in [0.717, 1.165) is 6.42 Å². The van der Waals surface area contributed by atoms with Crippen LogP contribution < -0.4 is 0 Å². The van der Waals surface area contributed by atoms with Crippen LogP contribution in [0.2, 0.25) is 0 Å². The number of allylic oxidation sites excluding steroid dienone is 1. The summed E-state index contributed by atoms with van der Waals surface area (Å²) in [5, 5.41) is 2.69. The fourth-order valence-electron chi connectivity index (χ4n) is 3.95. The molecular formula is C24H24. The minimum atomic E-state index is 0.0835. The van der Waals surface area contributed by atoms with Crippen LogP contribution in [0.4, 0.5) is 0 Å². The third kappa shape index (κ3) is 2.57. The predicted molar refractivity (Wildman–Crippen MR) is 104 cm³/mol. The van der Waals surface area contributed by atoms with Gasteiger partial charge in [-0.2, -0.15) is 0 Å². The van der Waals surface area contributed by atoms with E-state index in [1.54, 1.807) is 0 Å². The van der Waals surface area contributed by atoms with Crippen molar-refractivity contribution in [2.24, 2.45) is 0 Å². The molecule has 0 spiro atoms. The van der Waals surface area contributed by atoms with Gasteiger partial charge >= 0.3 is 0 Å². The highest BCUT2D eigenvalue weighted by atomic mass is 14.3. The van der Waals surface area contributed by atoms with Gasteiger partial charge in [-0.25, -0.2) is 0 Å². The zero-order chi connectivity index (χ0) is 16.6. The van der Waals surface area contributed by atoms with E-state index in [1.807, 2.05) is 0 Å². The fourth-order valence-corrected chi connectivity index (χ4v) is 3.95. The number of hydrogen-bond acceptors (Lipinski definition) is 0. The third-order valence-electron chi connectivity index (χ3n) is 5.39. The molecule has 0 aromatic heterocycles. The van der Waals surface area contributed by atoms with E-state index in [2.05, 4.69) is 86.7 Å². The lowest BCUT2D eigenvalue weighted by molar-refractivity contribution is 0.587. The van der Waals surface area contributed by atoms with Crippen molar-refractivity contribution < 1.29 is 0 Å². The summed E-state index contributed by atoms with van der Waals surface area (Å²) in [4.78, 5) is 0. The minimum absolute atomic E-state index is 0.0835. The van der Waals surface area contributed by atoms with Crippen molar-refractivity contribution in [1.82, 2.24) is 0 Å². The molecule has 0 radical (unpaired) electrons. The Kier molecular flexibility index (Phi) is 3.76. The van der Waals surface area contributed by atoms with Crippen LogP contribution in [0.25, 0.3) is 16.8 Å². The van der Waals surface area contributed by atoms with E-state index in [-0.39, 0.29) is 5.41 Å². The van der Waals surface area contributed by atoms with Crippen LogP contribution in [0, 0.1) is 0 Å². The summed E-state index contributed by atoms with van der Waals surface area (Å²) in [5.74, 6) is 0. The standard InChI is InChI=1S/C24H24/c1-3-6-18-9-13-21(14-10-18)24(2)16-15-23-20(17-24)12-11-19-7-4-5-8-22(19)23/h4-5,7-16H,3,6,17H2,1-2H3. The van der Waals surface area contributed by atoms with Crippen molar-refractivity contribution in [3.63, 3.8) is 0 Å². The molecule has 0 saturated carbocycles. The van der Waals surface area contributed by atoms with Gasteiger partial charge in [-0.15, -0.1) is 0 Å². The molecule has 0 bridgehead atoms. The second-order valence-electron chi connectivity index (χ2n) is 7.23. The molecule has 0 fully saturated rings. The summed E-state index contributed by atoms with van der Waals surface area (Å²) in [6.45, 7) is 4.59. The lowest BCUT2D eigenvalue weighted by Crippen LogP contribution is -2.25. The van der Waals surface area contributed by atoms with Crippen LogP contribution in [-0.2, 0) is 18.3 Å². The van der Waals surface area contributed by atoms with Crippen molar-refractivity contribution in [2.75, 3.05) is 0 Å². The smallest absolute Gasteiger partial charge is 0.0147 e. The lowest BCUT2D eigenvalue weighted by Gasteiger charge is -2.31. The Balaban J connectivity index is 1.73. The van der Waals surface area contributed by atoms with Gasteiger partial charge < -0.3 is 0 Å². The number of fused-ring (bicyclic) bond motifs is 3. The van der Waals surface area contributed by atoms with Gasteiger partial charge in [0.1, 0.15) is 0 Å². The van der Waals surface area contributed by atoms with E-state index in [4.69, 9.17) is 0 Å². The Hall–Kier alpha value is -2.34. The molecule has 0 amide bonds. The first-order chi connectivity index (χ1) is 11.7. The topological polar surface area (TPSA) is 0 Å². The van der Waals surface area contributed by atoms with Crippen molar-refractivity contribution in [2.45, 2.75) is 38.5 Å². The van der Waals surface area contributed by atoms with Gasteiger partial charge in [0.15, 0.2) is 0 Å². The van der Waals surface area contributed by atoms with Gasteiger partial charge in [0.25, 0.3) is 0 Å². The van der Waals surface area contributed by atoms with Gasteiger partial charge in [-0.05, 0) is 45.9 Å². The Labute approximate surface area is 144 Å². The number of aryl methyl sites for hydroxylation is 1. The zero-order valence-electron chi connectivity index (χ0n) is 14.5. The normalized spacial score (nSPS) is 19.4. The van der Waals surface area contributed by atoms with Gasteiger partial charge in [-0.3, -0.25) is 0 Å². The van der Waals surface area contributed by atoms with Crippen LogP contribution in [0.5, 0.6) is 0 Å². The Morgan fingerprint density at radius 3 is 2.50 bits per heavy atom. The highest BCUT2D eigenvalue weighted by Crippen LogP contribution is 2.38. The molecule has 1 aliphatic rings. The van der Waals surface area contributed by atoms with Crippen molar-refractivity contribution in [3.05, 3.63) is 89.0 Å². The number of hydrogen-bond donors (Lipinski definition) is 0.